The minimum Gasteiger partial charge on any atom is -0.260 e. The van der Waals surface area contributed by atoms with Crippen LogP contribution in [0.25, 0.3) is 33.4 Å². The zero-order valence-electron chi connectivity index (χ0n) is 18.1. The number of amidine groups is 1. The minimum absolute atomic E-state index is 1.04. The Balaban J connectivity index is 1.88. The molecule has 0 spiro atoms. The van der Waals surface area contributed by atoms with E-state index in [4.69, 9.17) is 0 Å². The molecule has 4 aromatic rings. The predicted molar refractivity (Wildman–Crippen MR) is 131 cm³/mol. The van der Waals surface area contributed by atoms with Gasteiger partial charge in [-0.25, -0.2) is 0 Å². The molecular weight excluding hydrogens is 376 g/mol. The average molecular weight is 404 g/mol. The van der Waals surface area contributed by atoms with Crippen molar-refractivity contribution in [2.24, 2.45) is 0 Å². The molecule has 0 saturated heterocycles. The first-order chi connectivity index (χ1) is 15.2. The molecule has 0 atom stereocenters. The monoisotopic (exact) mass is 403 g/mol. The van der Waals surface area contributed by atoms with Gasteiger partial charge in [0.05, 0.1) is 19.7 Å². The van der Waals surface area contributed by atoms with Gasteiger partial charge in [-0.15, -0.1) is 0 Å². The molecule has 152 valence electrons. The molecule has 0 fully saturated rings. The second-order valence-electron chi connectivity index (χ2n) is 8.21. The van der Waals surface area contributed by atoms with Gasteiger partial charge in [-0.1, -0.05) is 91.0 Å². The first-order valence-electron chi connectivity index (χ1n) is 10.9. The van der Waals surface area contributed by atoms with Crippen molar-refractivity contribution in [3.05, 3.63) is 109 Å². The van der Waals surface area contributed by atoms with Crippen molar-refractivity contribution in [3.63, 3.8) is 0 Å². The lowest BCUT2D eigenvalue weighted by Gasteiger charge is -2.19. The SMILES string of the molecule is CN1CC[N+](C)=C1c1c(-c2ccccc2)cc(-c2ccccc2)cc1-c1ccccc1. The molecule has 0 aliphatic carbocycles. The predicted octanol–water partition coefficient (Wildman–Crippen LogP) is 6.02. The number of rotatable bonds is 4. The van der Waals surface area contributed by atoms with E-state index in [1.165, 1.54) is 44.8 Å². The first-order valence-corrected chi connectivity index (χ1v) is 10.9. The zero-order valence-corrected chi connectivity index (χ0v) is 18.1. The third kappa shape index (κ3) is 3.66. The molecule has 0 aromatic heterocycles. The van der Waals surface area contributed by atoms with Crippen LogP contribution < -0.4 is 0 Å². The molecule has 5 rings (SSSR count). The van der Waals surface area contributed by atoms with E-state index in [0.717, 1.165) is 13.1 Å². The van der Waals surface area contributed by atoms with Crippen molar-refractivity contribution in [3.8, 4) is 33.4 Å². The number of benzene rings is 4. The highest BCUT2D eigenvalue weighted by Gasteiger charge is 2.32. The molecule has 2 heteroatoms. The summed E-state index contributed by atoms with van der Waals surface area (Å²) in [7, 11) is 4.40. The lowest BCUT2D eigenvalue weighted by atomic mass is 9.87. The van der Waals surface area contributed by atoms with E-state index in [-0.39, 0.29) is 0 Å². The Morgan fingerprint density at radius 2 is 1.06 bits per heavy atom. The Labute approximate surface area is 184 Å². The highest BCUT2D eigenvalue weighted by atomic mass is 15.3. The maximum Gasteiger partial charge on any atom is 0.280 e. The van der Waals surface area contributed by atoms with Gasteiger partial charge in [0.2, 0.25) is 0 Å². The van der Waals surface area contributed by atoms with E-state index >= 15 is 0 Å². The summed E-state index contributed by atoms with van der Waals surface area (Å²) in [6, 6.07) is 37.0. The van der Waals surface area contributed by atoms with Gasteiger partial charge in [-0.3, -0.25) is 9.48 Å². The highest BCUT2D eigenvalue weighted by Crippen LogP contribution is 2.38. The van der Waals surface area contributed by atoms with Crippen LogP contribution in [0, 0.1) is 0 Å². The maximum atomic E-state index is 2.39. The first kappa shape index (κ1) is 19.3. The summed E-state index contributed by atoms with van der Waals surface area (Å²) in [5.74, 6) is 1.29. The van der Waals surface area contributed by atoms with Crippen molar-refractivity contribution >= 4 is 5.84 Å². The summed E-state index contributed by atoms with van der Waals surface area (Å²) in [6.07, 6.45) is 0. The van der Waals surface area contributed by atoms with E-state index in [9.17, 15) is 0 Å². The van der Waals surface area contributed by atoms with Crippen molar-refractivity contribution in [2.45, 2.75) is 0 Å². The van der Waals surface area contributed by atoms with Crippen molar-refractivity contribution in [1.82, 2.24) is 4.90 Å². The smallest absolute Gasteiger partial charge is 0.260 e. The number of hydrogen-bond acceptors (Lipinski definition) is 1. The lowest BCUT2D eigenvalue weighted by molar-refractivity contribution is -0.486. The van der Waals surface area contributed by atoms with Crippen molar-refractivity contribution in [2.75, 3.05) is 27.2 Å². The third-order valence-electron chi connectivity index (χ3n) is 6.13. The van der Waals surface area contributed by atoms with Gasteiger partial charge >= 0.3 is 0 Å². The Bertz CT molecular complexity index is 1170. The number of likely N-dealkylation sites (N-methyl/N-ethyl adjacent to an activating group) is 2. The normalized spacial score (nSPS) is 13.7. The molecule has 1 aliphatic rings. The van der Waals surface area contributed by atoms with Gasteiger partial charge in [0.1, 0.15) is 13.1 Å². The molecule has 4 aromatic carbocycles. The van der Waals surface area contributed by atoms with E-state index in [1.54, 1.807) is 0 Å². The van der Waals surface area contributed by atoms with E-state index in [0.29, 0.717) is 0 Å². The average Bonchev–Trinajstić information content (AvgIpc) is 3.17. The lowest BCUT2D eigenvalue weighted by Crippen LogP contribution is -2.27. The van der Waals surface area contributed by atoms with E-state index in [2.05, 4.69) is 127 Å². The summed E-state index contributed by atoms with van der Waals surface area (Å²) < 4.78 is 2.39. The minimum atomic E-state index is 1.04. The number of hydrogen-bond donors (Lipinski definition) is 0. The third-order valence-corrected chi connectivity index (χ3v) is 6.13. The fraction of sp³-hybridized carbons (Fsp3) is 0.138. The van der Waals surface area contributed by atoms with Gasteiger partial charge in [-0.2, -0.15) is 0 Å². The zero-order chi connectivity index (χ0) is 21.2. The quantitative estimate of drug-likeness (QED) is 0.378. The van der Waals surface area contributed by atoms with Crippen LogP contribution in [-0.2, 0) is 0 Å². The molecule has 31 heavy (non-hydrogen) atoms. The molecule has 0 radical (unpaired) electrons. The van der Waals surface area contributed by atoms with Gasteiger partial charge < -0.3 is 0 Å². The molecule has 1 aliphatic heterocycles. The van der Waals surface area contributed by atoms with Gasteiger partial charge in [0, 0.05) is 0 Å². The Hall–Kier alpha value is -3.65. The standard InChI is InChI=1S/C29H27N2/c1-30-18-19-31(2)29(30)28-26(23-14-8-4-9-15-23)20-25(22-12-6-3-7-13-22)21-27(28)24-16-10-5-11-17-24/h3-17,20-21H,18-19H2,1-2H3/q+1. The molecule has 0 N–H and O–H groups in total. The van der Waals surface area contributed by atoms with Crippen molar-refractivity contribution in [1.29, 1.82) is 0 Å². The summed E-state index contributed by atoms with van der Waals surface area (Å²) in [6.45, 7) is 2.07. The molecule has 2 nitrogen and oxygen atoms in total. The molecule has 1 heterocycles. The highest BCUT2D eigenvalue weighted by molar-refractivity contribution is 6.09. The van der Waals surface area contributed by atoms with Crippen molar-refractivity contribution < 1.29 is 4.58 Å². The summed E-state index contributed by atoms with van der Waals surface area (Å²) in [5.41, 5.74) is 8.82. The number of nitrogens with zero attached hydrogens (tertiary/aromatic N) is 2. The fourth-order valence-electron chi connectivity index (χ4n) is 4.56. The molecule has 0 saturated carbocycles. The summed E-state index contributed by atoms with van der Waals surface area (Å²) in [4.78, 5) is 2.39. The molecule has 0 bridgehead atoms. The van der Waals surface area contributed by atoms with Crippen LogP contribution in [0.2, 0.25) is 0 Å². The summed E-state index contributed by atoms with van der Waals surface area (Å²) in [5, 5.41) is 0. The van der Waals surface area contributed by atoms with Crippen LogP contribution in [-0.4, -0.2) is 42.5 Å². The van der Waals surface area contributed by atoms with Crippen LogP contribution >= 0.6 is 0 Å². The molecule has 0 amide bonds. The van der Waals surface area contributed by atoms with Crippen LogP contribution in [0.15, 0.2) is 103 Å². The van der Waals surface area contributed by atoms with E-state index < -0.39 is 0 Å². The van der Waals surface area contributed by atoms with E-state index in [1.807, 2.05) is 0 Å². The van der Waals surface area contributed by atoms with Gasteiger partial charge in [0.25, 0.3) is 5.84 Å². The van der Waals surface area contributed by atoms with Crippen LogP contribution in [0.3, 0.4) is 0 Å². The second kappa shape index (κ2) is 8.23. The maximum absolute atomic E-state index is 2.39. The summed E-state index contributed by atoms with van der Waals surface area (Å²) >= 11 is 0. The Morgan fingerprint density at radius 3 is 1.48 bits per heavy atom. The Morgan fingerprint density at radius 1 is 0.613 bits per heavy atom. The van der Waals surface area contributed by atoms with Crippen LogP contribution in [0.4, 0.5) is 0 Å². The van der Waals surface area contributed by atoms with Gasteiger partial charge in [0.15, 0.2) is 0 Å². The largest absolute Gasteiger partial charge is 0.280 e. The topological polar surface area (TPSA) is 6.25 Å². The molecular formula is C29H27N2+. The fourth-order valence-corrected chi connectivity index (χ4v) is 4.56. The molecule has 0 unspecified atom stereocenters. The van der Waals surface area contributed by atoms with Crippen LogP contribution in [0.5, 0.6) is 0 Å². The van der Waals surface area contributed by atoms with Crippen LogP contribution in [0.1, 0.15) is 5.56 Å². The van der Waals surface area contributed by atoms with Gasteiger partial charge in [-0.05, 0) is 45.5 Å². The Kier molecular flexibility index (Phi) is 5.13. The second-order valence-corrected chi connectivity index (χ2v) is 8.21.